The van der Waals surface area contributed by atoms with E-state index in [1.54, 1.807) is 13.1 Å². The first-order valence-corrected chi connectivity index (χ1v) is 13.9. The monoisotopic (exact) mass is 536 g/mol. The third-order valence-electron chi connectivity index (χ3n) is 7.27. The van der Waals surface area contributed by atoms with Gasteiger partial charge in [-0.2, -0.15) is 5.26 Å². The Morgan fingerprint density at radius 3 is 2.66 bits per heavy atom. The summed E-state index contributed by atoms with van der Waals surface area (Å²) in [5.41, 5.74) is 1.60. The average molecular weight is 537 g/mol. The number of piperidine rings is 1. The van der Waals surface area contributed by atoms with E-state index in [1.807, 2.05) is 26.0 Å². The Hall–Kier alpha value is -3.39. The van der Waals surface area contributed by atoms with Crippen molar-refractivity contribution in [3.63, 3.8) is 0 Å². The molecule has 1 amide bonds. The summed E-state index contributed by atoms with van der Waals surface area (Å²) in [6.45, 7) is 7.80. The SMILES string of the molecule is CCn1c(=O)/c(=C\Nc2ccc3ccn(C4CCN(C)CC4)c3c2)s/c1=C(\C#N)C(=O)N[C@H](CO)C(C)C. The van der Waals surface area contributed by atoms with E-state index in [2.05, 4.69) is 51.5 Å². The summed E-state index contributed by atoms with van der Waals surface area (Å²) in [6, 6.07) is 10.2. The van der Waals surface area contributed by atoms with Crippen LogP contribution < -0.4 is 25.4 Å². The molecule has 1 fully saturated rings. The molecule has 0 aliphatic carbocycles. The molecule has 0 saturated carbocycles. The lowest BCUT2D eigenvalue weighted by Crippen LogP contribution is -2.43. The van der Waals surface area contributed by atoms with E-state index in [0.29, 0.717) is 21.8 Å². The van der Waals surface area contributed by atoms with Gasteiger partial charge in [-0.3, -0.25) is 14.2 Å². The van der Waals surface area contributed by atoms with Crippen molar-refractivity contribution < 1.29 is 9.90 Å². The number of aliphatic hydroxyl groups excluding tert-OH is 1. The van der Waals surface area contributed by atoms with E-state index in [-0.39, 0.29) is 23.7 Å². The van der Waals surface area contributed by atoms with Crippen LogP contribution in [0.1, 0.15) is 39.7 Å². The van der Waals surface area contributed by atoms with Crippen molar-refractivity contribution in [2.75, 3.05) is 32.1 Å². The number of aromatic nitrogens is 2. The van der Waals surface area contributed by atoms with Crippen molar-refractivity contribution in [3.05, 3.63) is 50.0 Å². The number of amides is 1. The van der Waals surface area contributed by atoms with E-state index in [1.165, 1.54) is 9.95 Å². The maximum Gasteiger partial charge on any atom is 0.270 e. The number of carbonyl (C=O) groups is 1. The Balaban J connectivity index is 1.67. The van der Waals surface area contributed by atoms with Crippen LogP contribution in [0.5, 0.6) is 0 Å². The van der Waals surface area contributed by atoms with Crippen molar-refractivity contribution in [1.82, 2.24) is 19.4 Å². The molecule has 2 aromatic heterocycles. The Bertz CT molecular complexity index is 1520. The van der Waals surface area contributed by atoms with Crippen LogP contribution in [-0.4, -0.2) is 57.8 Å². The second-order valence-corrected chi connectivity index (χ2v) is 11.2. The van der Waals surface area contributed by atoms with Crippen LogP contribution in [-0.2, 0) is 11.3 Å². The van der Waals surface area contributed by atoms with Gasteiger partial charge in [0.2, 0.25) is 0 Å². The Labute approximate surface area is 226 Å². The first-order chi connectivity index (χ1) is 18.3. The third kappa shape index (κ3) is 5.70. The molecule has 3 heterocycles. The molecule has 0 bridgehead atoms. The maximum absolute atomic E-state index is 13.1. The smallest absolute Gasteiger partial charge is 0.270 e. The van der Waals surface area contributed by atoms with Gasteiger partial charge in [0.15, 0.2) is 5.57 Å². The molecule has 1 aromatic carbocycles. The fraction of sp³-hybridized carbons (Fsp3) is 0.464. The van der Waals surface area contributed by atoms with E-state index in [9.17, 15) is 20.0 Å². The Morgan fingerprint density at radius 2 is 2.03 bits per heavy atom. The molecule has 202 valence electrons. The number of thiazole rings is 1. The molecule has 1 saturated heterocycles. The quantitative estimate of drug-likeness (QED) is 0.405. The molecule has 1 aliphatic rings. The summed E-state index contributed by atoms with van der Waals surface area (Å²) in [5, 5.41) is 26.5. The third-order valence-corrected chi connectivity index (χ3v) is 8.40. The van der Waals surface area contributed by atoms with Crippen LogP contribution in [0.25, 0.3) is 22.7 Å². The minimum atomic E-state index is -0.594. The number of rotatable bonds is 8. The summed E-state index contributed by atoms with van der Waals surface area (Å²) < 4.78 is 4.49. The maximum atomic E-state index is 13.1. The number of fused-ring (bicyclic) bond motifs is 1. The van der Waals surface area contributed by atoms with Crippen LogP contribution in [0, 0.1) is 17.2 Å². The number of nitrogens with zero attached hydrogens (tertiary/aromatic N) is 4. The number of anilines is 1. The van der Waals surface area contributed by atoms with Gasteiger partial charge in [0.05, 0.1) is 18.2 Å². The van der Waals surface area contributed by atoms with E-state index in [4.69, 9.17) is 0 Å². The van der Waals surface area contributed by atoms with Crippen LogP contribution in [0.15, 0.2) is 35.3 Å². The van der Waals surface area contributed by atoms with Crippen molar-refractivity contribution in [2.45, 2.75) is 52.2 Å². The number of nitrogens with one attached hydrogen (secondary N) is 2. The minimum absolute atomic E-state index is 0.00779. The zero-order valence-electron chi connectivity index (χ0n) is 22.4. The second kappa shape index (κ2) is 12.0. The molecule has 3 aromatic rings. The van der Waals surface area contributed by atoms with E-state index in [0.717, 1.165) is 48.5 Å². The molecule has 10 heteroatoms. The van der Waals surface area contributed by atoms with Crippen molar-refractivity contribution >= 4 is 45.6 Å². The standard InChI is InChI=1S/C28H36N6O3S/c1-5-33-27(37)25(38-28(33)22(15-29)26(36)31-23(17-35)18(2)3)16-30-20-7-6-19-8-13-34(24(19)14-20)21-9-11-32(4)12-10-21/h6-8,13-14,16,18,21,23,30,35H,5,9-12,17H2,1-4H3,(H,31,36)/b25-16+,28-22+/t23-/m1/s1. The van der Waals surface area contributed by atoms with Gasteiger partial charge in [0.1, 0.15) is 15.3 Å². The highest BCUT2D eigenvalue weighted by Gasteiger charge is 2.21. The van der Waals surface area contributed by atoms with Gasteiger partial charge in [-0.1, -0.05) is 19.9 Å². The molecule has 4 rings (SSSR count). The molecular weight excluding hydrogens is 500 g/mol. The van der Waals surface area contributed by atoms with Gasteiger partial charge in [-0.25, -0.2) is 0 Å². The van der Waals surface area contributed by atoms with Gasteiger partial charge >= 0.3 is 0 Å². The summed E-state index contributed by atoms with van der Waals surface area (Å²) in [5.74, 6) is -0.602. The predicted molar refractivity (Wildman–Crippen MR) is 152 cm³/mol. The van der Waals surface area contributed by atoms with Gasteiger partial charge < -0.3 is 25.2 Å². The zero-order valence-corrected chi connectivity index (χ0v) is 23.2. The van der Waals surface area contributed by atoms with Gasteiger partial charge in [0.25, 0.3) is 11.5 Å². The topological polar surface area (TPSA) is 115 Å². The van der Waals surface area contributed by atoms with E-state index < -0.39 is 11.9 Å². The van der Waals surface area contributed by atoms with Crippen LogP contribution in [0.3, 0.4) is 0 Å². The molecule has 1 aliphatic heterocycles. The number of likely N-dealkylation sites (tertiary alicyclic amines) is 1. The Morgan fingerprint density at radius 1 is 1.29 bits per heavy atom. The number of hydrogen-bond acceptors (Lipinski definition) is 7. The highest BCUT2D eigenvalue weighted by molar-refractivity contribution is 7.07. The number of aliphatic hydroxyl groups is 1. The highest BCUT2D eigenvalue weighted by Crippen LogP contribution is 2.29. The summed E-state index contributed by atoms with van der Waals surface area (Å²) in [7, 11) is 2.16. The normalized spacial score (nSPS) is 17.0. The van der Waals surface area contributed by atoms with Crippen LogP contribution in [0.2, 0.25) is 0 Å². The number of carbonyl (C=O) groups excluding carboxylic acids is 1. The first kappa shape index (κ1) is 27.6. The fourth-order valence-electron chi connectivity index (χ4n) is 4.83. The number of nitriles is 1. The number of hydrogen-bond donors (Lipinski definition) is 3. The highest BCUT2D eigenvalue weighted by atomic mass is 32.1. The molecule has 38 heavy (non-hydrogen) atoms. The molecule has 9 nitrogen and oxygen atoms in total. The van der Waals surface area contributed by atoms with Gasteiger partial charge in [-0.05, 0) is 69.4 Å². The average Bonchev–Trinajstić information content (AvgIpc) is 3.47. The molecular formula is C28H36N6O3S. The summed E-state index contributed by atoms with van der Waals surface area (Å²) in [4.78, 5) is 28.4. The first-order valence-electron chi connectivity index (χ1n) is 13.1. The van der Waals surface area contributed by atoms with Crippen molar-refractivity contribution in [2.24, 2.45) is 5.92 Å². The fourth-order valence-corrected chi connectivity index (χ4v) is 5.92. The largest absolute Gasteiger partial charge is 0.394 e. The predicted octanol–water partition coefficient (Wildman–Crippen LogP) is 1.81. The number of benzene rings is 1. The van der Waals surface area contributed by atoms with Crippen molar-refractivity contribution in [3.8, 4) is 6.07 Å². The second-order valence-electron chi connectivity index (χ2n) is 10.1. The minimum Gasteiger partial charge on any atom is -0.394 e. The van der Waals surface area contributed by atoms with Crippen LogP contribution in [0.4, 0.5) is 5.69 Å². The lowest BCUT2D eigenvalue weighted by Gasteiger charge is -2.30. The molecule has 3 N–H and O–H groups in total. The summed E-state index contributed by atoms with van der Waals surface area (Å²) >= 11 is 1.11. The van der Waals surface area contributed by atoms with E-state index >= 15 is 0 Å². The van der Waals surface area contributed by atoms with Gasteiger partial charge in [-0.15, -0.1) is 11.3 Å². The van der Waals surface area contributed by atoms with Gasteiger partial charge in [0, 0.05) is 30.7 Å². The zero-order chi connectivity index (χ0) is 27.4. The molecule has 0 spiro atoms. The molecule has 0 unspecified atom stereocenters. The Kier molecular flexibility index (Phi) is 8.72. The van der Waals surface area contributed by atoms with Crippen molar-refractivity contribution in [1.29, 1.82) is 5.26 Å². The molecule has 0 radical (unpaired) electrons. The lowest BCUT2D eigenvalue weighted by atomic mass is 10.1. The van der Waals surface area contributed by atoms with Crippen LogP contribution >= 0.6 is 11.3 Å². The molecule has 1 atom stereocenters. The summed E-state index contributed by atoms with van der Waals surface area (Å²) in [6.07, 6.45) is 6.02. The lowest BCUT2D eigenvalue weighted by molar-refractivity contribution is -0.116.